The molecule has 0 aliphatic heterocycles. The van der Waals surface area contributed by atoms with Crippen LogP contribution in [0.15, 0.2) is 47.8 Å². The number of allylic oxidation sites excluding steroid dienone is 6. The second-order valence-electron chi connectivity index (χ2n) is 8.66. The van der Waals surface area contributed by atoms with Gasteiger partial charge in [0.05, 0.1) is 12.9 Å². The molecule has 2 saturated carbocycles. The van der Waals surface area contributed by atoms with Crippen LogP contribution < -0.4 is 0 Å². The van der Waals surface area contributed by atoms with Gasteiger partial charge in [0.15, 0.2) is 5.78 Å². The van der Waals surface area contributed by atoms with Gasteiger partial charge in [0.25, 0.3) is 0 Å². The molecule has 128 valence electrons. The third-order valence-corrected chi connectivity index (χ3v) is 7.72. The molecule has 0 aromatic rings. The van der Waals surface area contributed by atoms with Crippen LogP contribution in [0, 0.1) is 28.6 Å². The van der Waals surface area contributed by atoms with Gasteiger partial charge in [-0.05, 0) is 60.2 Å². The van der Waals surface area contributed by atoms with Crippen LogP contribution in [0.2, 0.25) is 0 Å². The molecule has 0 N–H and O–H groups in total. The maximum Gasteiger partial charge on any atom is 0.169 e. The quantitative estimate of drug-likeness (QED) is 0.635. The van der Waals surface area contributed by atoms with Gasteiger partial charge in [-0.1, -0.05) is 33.1 Å². The summed E-state index contributed by atoms with van der Waals surface area (Å²) in [6.45, 7) is 12.9. The topological polar surface area (TPSA) is 26.3 Å². The van der Waals surface area contributed by atoms with Crippen LogP contribution in [0.4, 0.5) is 0 Å². The molecule has 0 aromatic heterocycles. The van der Waals surface area contributed by atoms with Gasteiger partial charge in [-0.3, -0.25) is 4.79 Å². The third-order valence-electron chi connectivity index (χ3n) is 7.72. The van der Waals surface area contributed by atoms with Crippen molar-refractivity contribution in [1.82, 2.24) is 0 Å². The van der Waals surface area contributed by atoms with E-state index < -0.39 is 0 Å². The van der Waals surface area contributed by atoms with Crippen LogP contribution in [0.3, 0.4) is 0 Å². The Morgan fingerprint density at radius 1 is 1.21 bits per heavy atom. The number of ketones is 1. The molecule has 2 fully saturated rings. The summed E-state index contributed by atoms with van der Waals surface area (Å²) in [6.07, 6.45) is 9.98. The van der Waals surface area contributed by atoms with Crippen molar-refractivity contribution in [2.75, 3.05) is 7.11 Å². The van der Waals surface area contributed by atoms with E-state index in [1.165, 1.54) is 5.57 Å². The summed E-state index contributed by atoms with van der Waals surface area (Å²) in [5.41, 5.74) is 3.10. The lowest BCUT2D eigenvalue weighted by Crippen LogP contribution is -2.49. The van der Waals surface area contributed by atoms with Gasteiger partial charge in [-0.25, -0.2) is 0 Å². The van der Waals surface area contributed by atoms with Gasteiger partial charge in [0.1, 0.15) is 0 Å². The SMILES string of the molecule is C=C1C(=C)[C@H]2[C@@H]3CC=C4C=C(OC)CC[C@]4(C)[C@@H]3CC[C@]2(C)C1=O. The monoisotopic (exact) mass is 324 g/mol. The highest BCUT2D eigenvalue weighted by atomic mass is 16.5. The lowest BCUT2D eigenvalue weighted by Gasteiger charge is -2.55. The molecule has 2 heteroatoms. The summed E-state index contributed by atoms with van der Waals surface area (Å²) in [6, 6.07) is 0. The summed E-state index contributed by atoms with van der Waals surface area (Å²) >= 11 is 0. The van der Waals surface area contributed by atoms with Crippen LogP contribution in [0.25, 0.3) is 0 Å². The number of methoxy groups -OCH3 is 1. The molecular formula is C22H28O2. The second-order valence-corrected chi connectivity index (χ2v) is 8.66. The maximum atomic E-state index is 12.8. The van der Waals surface area contributed by atoms with Crippen molar-refractivity contribution in [3.63, 3.8) is 0 Å². The van der Waals surface area contributed by atoms with Crippen LogP contribution >= 0.6 is 0 Å². The number of fused-ring (bicyclic) bond motifs is 5. The highest BCUT2D eigenvalue weighted by molar-refractivity contribution is 6.07. The van der Waals surface area contributed by atoms with E-state index in [2.05, 4.69) is 39.2 Å². The fourth-order valence-electron chi connectivity index (χ4n) is 6.25. The minimum Gasteiger partial charge on any atom is -0.501 e. The fourth-order valence-corrected chi connectivity index (χ4v) is 6.25. The average Bonchev–Trinajstić information content (AvgIpc) is 2.75. The van der Waals surface area contributed by atoms with Gasteiger partial charge >= 0.3 is 0 Å². The largest absolute Gasteiger partial charge is 0.501 e. The number of rotatable bonds is 1. The van der Waals surface area contributed by atoms with Crippen LogP contribution in [-0.2, 0) is 9.53 Å². The Bertz CT molecular complexity index is 709. The maximum absolute atomic E-state index is 12.8. The van der Waals surface area contributed by atoms with Crippen LogP contribution in [0.5, 0.6) is 0 Å². The molecule has 24 heavy (non-hydrogen) atoms. The van der Waals surface area contributed by atoms with Crippen LogP contribution in [0.1, 0.15) is 46.0 Å². The first kappa shape index (κ1) is 15.9. The van der Waals surface area contributed by atoms with Crippen molar-refractivity contribution < 1.29 is 9.53 Å². The Morgan fingerprint density at radius 2 is 1.96 bits per heavy atom. The van der Waals surface area contributed by atoms with Crippen molar-refractivity contribution in [3.05, 3.63) is 47.8 Å². The van der Waals surface area contributed by atoms with E-state index in [1.54, 1.807) is 7.11 Å². The molecule has 0 bridgehead atoms. The molecule has 0 radical (unpaired) electrons. The second kappa shape index (κ2) is 4.97. The molecule has 0 saturated heterocycles. The summed E-state index contributed by atoms with van der Waals surface area (Å²) in [5.74, 6) is 2.78. The van der Waals surface area contributed by atoms with Crippen molar-refractivity contribution in [2.45, 2.75) is 46.0 Å². The molecule has 0 amide bonds. The zero-order valence-electron chi connectivity index (χ0n) is 15.2. The number of hydrogen-bond donors (Lipinski definition) is 0. The zero-order valence-corrected chi connectivity index (χ0v) is 15.2. The minimum atomic E-state index is -0.265. The predicted octanol–water partition coefficient (Wildman–Crippen LogP) is 4.99. The van der Waals surface area contributed by atoms with Crippen molar-refractivity contribution >= 4 is 5.78 Å². The third kappa shape index (κ3) is 1.80. The molecule has 4 rings (SSSR count). The van der Waals surface area contributed by atoms with Crippen LogP contribution in [-0.4, -0.2) is 12.9 Å². The Balaban J connectivity index is 1.77. The van der Waals surface area contributed by atoms with Gasteiger partial charge in [0.2, 0.25) is 0 Å². The first-order valence-electron chi connectivity index (χ1n) is 9.21. The van der Waals surface area contributed by atoms with E-state index in [0.29, 0.717) is 17.4 Å². The van der Waals surface area contributed by atoms with Gasteiger partial charge in [-0.15, -0.1) is 0 Å². The van der Waals surface area contributed by atoms with E-state index in [-0.39, 0.29) is 22.5 Å². The van der Waals surface area contributed by atoms with Gasteiger partial charge in [-0.2, -0.15) is 0 Å². The summed E-state index contributed by atoms with van der Waals surface area (Å²) in [7, 11) is 1.77. The lowest BCUT2D eigenvalue weighted by molar-refractivity contribution is -0.129. The molecule has 5 atom stereocenters. The Kier molecular flexibility index (Phi) is 3.30. The van der Waals surface area contributed by atoms with E-state index >= 15 is 0 Å². The molecular weight excluding hydrogens is 296 g/mol. The van der Waals surface area contributed by atoms with E-state index in [0.717, 1.165) is 43.4 Å². The highest BCUT2D eigenvalue weighted by Crippen LogP contribution is 2.65. The highest BCUT2D eigenvalue weighted by Gasteiger charge is 2.60. The summed E-state index contributed by atoms with van der Waals surface area (Å²) < 4.78 is 5.50. The van der Waals surface area contributed by atoms with Crippen molar-refractivity contribution in [1.29, 1.82) is 0 Å². The molecule has 0 unspecified atom stereocenters. The zero-order chi connectivity index (χ0) is 17.3. The number of carbonyl (C=O) groups is 1. The summed E-state index contributed by atoms with van der Waals surface area (Å²) in [5, 5.41) is 0. The molecule has 4 aliphatic carbocycles. The van der Waals surface area contributed by atoms with Crippen molar-refractivity contribution in [3.8, 4) is 0 Å². The normalized spacial score (nSPS) is 44.3. The van der Waals surface area contributed by atoms with Gasteiger partial charge < -0.3 is 4.74 Å². The predicted molar refractivity (Wildman–Crippen MR) is 96.2 cm³/mol. The number of Topliss-reactive ketones (excluding diaryl/α,β-unsaturated/α-hetero) is 1. The average molecular weight is 324 g/mol. The lowest BCUT2D eigenvalue weighted by atomic mass is 9.48. The molecule has 0 heterocycles. The Labute approximate surface area is 145 Å². The molecule has 0 spiro atoms. The Hall–Kier alpha value is -1.57. The van der Waals surface area contributed by atoms with E-state index in [4.69, 9.17) is 4.74 Å². The number of ether oxygens (including phenoxy) is 1. The first-order chi connectivity index (χ1) is 11.3. The summed E-state index contributed by atoms with van der Waals surface area (Å²) in [4.78, 5) is 12.8. The smallest absolute Gasteiger partial charge is 0.169 e. The Morgan fingerprint density at radius 3 is 2.67 bits per heavy atom. The number of hydrogen-bond acceptors (Lipinski definition) is 2. The van der Waals surface area contributed by atoms with Crippen molar-refractivity contribution in [2.24, 2.45) is 28.6 Å². The van der Waals surface area contributed by atoms with E-state index in [9.17, 15) is 4.79 Å². The van der Waals surface area contributed by atoms with E-state index in [1.807, 2.05) is 0 Å². The minimum absolute atomic E-state index is 0.208. The molecule has 0 aromatic carbocycles. The molecule has 2 nitrogen and oxygen atoms in total. The molecule has 4 aliphatic rings. The van der Waals surface area contributed by atoms with Gasteiger partial charge in [0, 0.05) is 23.3 Å². The number of carbonyl (C=O) groups excluding carboxylic acids is 1. The standard InChI is InChI=1S/C22H28O2/c1-13-14(2)20(23)22(4)11-9-18-17(19(13)22)7-6-15-12-16(24-5)8-10-21(15,18)3/h6,12,17-19H,1-2,7-11H2,3-5H3/t17-,18-,19+,21+,22+/m1/s1. The fraction of sp³-hybridized carbons (Fsp3) is 0.591. The first-order valence-corrected chi connectivity index (χ1v) is 9.21.